The largest absolute Gasteiger partial charge is 0.436 e. The topological polar surface area (TPSA) is 78.0 Å². The Balaban J connectivity index is 2.05. The second kappa shape index (κ2) is 5.75. The van der Waals surface area contributed by atoms with Crippen LogP contribution in [0.15, 0.2) is 47.4 Å². The first-order valence-corrected chi connectivity index (χ1v) is 9.73. The molecule has 0 aliphatic rings. The Hall–Kier alpha value is -2.50. The zero-order valence-corrected chi connectivity index (χ0v) is 14.8. The summed E-state index contributed by atoms with van der Waals surface area (Å²) in [6.45, 7) is 0. The Morgan fingerprint density at radius 2 is 1.74 bits per heavy atom. The highest BCUT2D eigenvalue weighted by atomic mass is 32.2. The lowest BCUT2D eigenvalue weighted by atomic mass is 10.2. The summed E-state index contributed by atoms with van der Waals surface area (Å²) in [6.07, 6.45) is -4.70. The lowest BCUT2D eigenvalue weighted by Crippen LogP contribution is -2.12. The highest BCUT2D eigenvalue weighted by Gasteiger charge is 2.38. The third-order valence-corrected chi connectivity index (χ3v) is 6.03. The summed E-state index contributed by atoms with van der Waals surface area (Å²) < 4.78 is 78.1. The van der Waals surface area contributed by atoms with Gasteiger partial charge in [0.2, 0.25) is 10.0 Å². The van der Waals surface area contributed by atoms with Gasteiger partial charge in [-0.3, -0.25) is 0 Å². The maximum absolute atomic E-state index is 13.7. The summed E-state index contributed by atoms with van der Waals surface area (Å²) >= 11 is 0.861. The first-order valence-electron chi connectivity index (χ1n) is 7.37. The average molecular weight is 415 g/mol. The Bertz CT molecular complexity index is 1290. The molecule has 4 aromatic rings. The number of hydrogen-bond donors (Lipinski definition) is 1. The van der Waals surface area contributed by atoms with Gasteiger partial charge in [0.25, 0.3) is 0 Å². The number of primary sulfonamides is 1. The molecular weight excluding hydrogens is 406 g/mol. The number of rotatable bonds is 2. The predicted molar refractivity (Wildman–Crippen MR) is 92.8 cm³/mol. The molecule has 0 radical (unpaired) electrons. The van der Waals surface area contributed by atoms with Gasteiger partial charge >= 0.3 is 6.18 Å². The van der Waals surface area contributed by atoms with Crippen LogP contribution < -0.4 is 5.14 Å². The van der Waals surface area contributed by atoms with E-state index in [0.717, 1.165) is 22.1 Å². The average Bonchev–Trinajstić information content (AvgIpc) is 3.11. The first kappa shape index (κ1) is 17.9. The molecule has 2 N–H and O–H groups in total. The first-order chi connectivity index (χ1) is 12.6. The molecule has 27 heavy (non-hydrogen) atoms. The van der Waals surface area contributed by atoms with Crippen LogP contribution in [0.4, 0.5) is 17.6 Å². The molecule has 0 aliphatic heterocycles. The summed E-state index contributed by atoms with van der Waals surface area (Å²) in [5, 5.41) is 8.98. The van der Waals surface area contributed by atoms with Crippen LogP contribution in [0.1, 0.15) is 5.69 Å². The molecule has 0 amide bonds. The number of thiophene rings is 1. The number of fused-ring (bicyclic) bond motifs is 3. The standard InChI is InChI=1S/C16H9F4N3O2S2/c17-8-1-6-12-11(7-8)13-14(26-12)15(16(18,19)20)22-23(13)9-2-4-10(5-3-9)27(21,24)25/h1-7H,(H2,21,24,25). The molecule has 0 fully saturated rings. The van der Waals surface area contributed by atoms with E-state index in [-0.39, 0.29) is 26.2 Å². The lowest BCUT2D eigenvalue weighted by Gasteiger charge is -2.06. The van der Waals surface area contributed by atoms with Gasteiger partial charge in [0, 0.05) is 10.1 Å². The van der Waals surface area contributed by atoms with Crippen LogP contribution in [-0.4, -0.2) is 18.2 Å². The van der Waals surface area contributed by atoms with E-state index in [1.807, 2.05) is 0 Å². The van der Waals surface area contributed by atoms with Crippen molar-refractivity contribution < 1.29 is 26.0 Å². The number of benzene rings is 2. The fraction of sp³-hybridized carbons (Fsp3) is 0.0625. The molecule has 0 saturated heterocycles. The van der Waals surface area contributed by atoms with E-state index in [2.05, 4.69) is 5.10 Å². The minimum absolute atomic E-state index is 0.102. The number of hydrogen-bond acceptors (Lipinski definition) is 4. The molecular formula is C16H9F4N3O2S2. The molecule has 5 nitrogen and oxygen atoms in total. The van der Waals surface area contributed by atoms with Gasteiger partial charge in [-0.05, 0) is 42.5 Å². The normalized spacial score (nSPS) is 12.9. The monoisotopic (exact) mass is 415 g/mol. The van der Waals surface area contributed by atoms with E-state index in [0.29, 0.717) is 4.70 Å². The maximum atomic E-state index is 13.7. The third-order valence-electron chi connectivity index (χ3n) is 3.93. The van der Waals surface area contributed by atoms with Crippen molar-refractivity contribution in [3.05, 3.63) is 54.0 Å². The number of sulfonamides is 1. The molecule has 140 valence electrons. The summed E-state index contributed by atoms with van der Waals surface area (Å²) in [6, 6.07) is 8.63. The molecule has 2 heterocycles. The molecule has 0 spiro atoms. The molecule has 0 atom stereocenters. The minimum atomic E-state index is -4.70. The summed E-state index contributed by atoms with van der Waals surface area (Å²) in [4.78, 5) is -0.188. The second-order valence-corrected chi connectivity index (χ2v) is 8.33. The molecule has 11 heteroatoms. The van der Waals surface area contributed by atoms with Crippen LogP contribution in [0.2, 0.25) is 0 Å². The van der Waals surface area contributed by atoms with Gasteiger partial charge < -0.3 is 0 Å². The van der Waals surface area contributed by atoms with Crippen molar-refractivity contribution in [3.8, 4) is 5.69 Å². The van der Waals surface area contributed by atoms with Crippen molar-refractivity contribution >= 4 is 41.7 Å². The smallest absolute Gasteiger partial charge is 0.231 e. The van der Waals surface area contributed by atoms with E-state index in [1.54, 1.807) is 0 Å². The number of aromatic nitrogens is 2. The van der Waals surface area contributed by atoms with E-state index < -0.39 is 27.7 Å². The van der Waals surface area contributed by atoms with Gasteiger partial charge in [0.05, 0.1) is 20.8 Å². The van der Waals surface area contributed by atoms with Gasteiger partial charge in [-0.15, -0.1) is 11.3 Å². The van der Waals surface area contributed by atoms with Crippen molar-refractivity contribution in [2.75, 3.05) is 0 Å². The van der Waals surface area contributed by atoms with Crippen LogP contribution >= 0.6 is 11.3 Å². The van der Waals surface area contributed by atoms with Crippen LogP contribution in [-0.2, 0) is 16.2 Å². The second-order valence-electron chi connectivity index (χ2n) is 5.72. The molecule has 4 rings (SSSR count). The van der Waals surface area contributed by atoms with Crippen molar-refractivity contribution in [1.29, 1.82) is 0 Å². The molecule has 0 aliphatic carbocycles. The van der Waals surface area contributed by atoms with E-state index >= 15 is 0 Å². The van der Waals surface area contributed by atoms with Gasteiger partial charge in [-0.1, -0.05) is 0 Å². The minimum Gasteiger partial charge on any atom is -0.231 e. The molecule has 2 aromatic heterocycles. The Kier molecular flexibility index (Phi) is 3.81. The van der Waals surface area contributed by atoms with Crippen molar-refractivity contribution in [3.63, 3.8) is 0 Å². The van der Waals surface area contributed by atoms with Gasteiger partial charge in [0.1, 0.15) is 5.82 Å². The quantitative estimate of drug-likeness (QED) is 0.502. The van der Waals surface area contributed by atoms with E-state index in [9.17, 15) is 26.0 Å². The maximum Gasteiger partial charge on any atom is 0.436 e. The Morgan fingerprint density at radius 1 is 1.07 bits per heavy atom. The highest BCUT2D eigenvalue weighted by molar-refractivity contribution is 7.89. The summed E-state index contributed by atoms with van der Waals surface area (Å²) in [5.41, 5.74) is -0.799. The Labute approximate surface area is 153 Å². The number of nitrogens with two attached hydrogens (primary N) is 1. The SMILES string of the molecule is NS(=O)(=O)c1ccc(-n2nc(C(F)(F)F)c3sc4ccc(F)cc4c32)cc1. The van der Waals surface area contributed by atoms with E-state index in [1.165, 1.54) is 36.4 Å². The van der Waals surface area contributed by atoms with Crippen molar-refractivity contribution in [2.45, 2.75) is 11.1 Å². The van der Waals surface area contributed by atoms with Crippen molar-refractivity contribution in [2.24, 2.45) is 5.14 Å². The Morgan fingerprint density at radius 3 is 2.33 bits per heavy atom. The van der Waals surface area contributed by atoms with Crippen LogP contribution in [0.5, 0.6) is 0 Å². The fourth-order valence-corrected chi connectivity index (χ4v) is 4.46. The number of nitrogens with zero attached hydrogens (tertiary/aromatic N) is 2. The van der Waals surface area contributed by atoms with E-state index in [4.69, 9.17) is 5.14 Å². The zero-order valence-electron chi connectivity index (χ0n) is 13.2. The van der Waals surface area contributed by atoms with Crippen LogP contribution in [0.3, 0.4) is 0 Å². The summed E-state index contributed by atoms with van der Waals surface area (Å²) in [7, 11) is -3.95. The highest BCUT2D eigenvalue weighted by Crippen LogP contribution is 2.43. The van der Waals surface area contributed by atoms with Crippen molar-refractivity contribution in [1.82, 2.24) is 9.78 Å². The fourth-order valence-electron chi connectivity index (χ4n) is 2.77. The van der Waals surface area contributed by atoms with Crippen LogP contribution in [0.25, 0.3) is 26.0 Å². The number of alkyl halides is 3. The predicted octanol–water partition coefficient (Wildman–Crippen LogP) is 4.05. The molecule has 2 aromatic carbocycles. The zero-order chi connectivity index (χ0) is 19.6. The van der Waals surface area contributed by atoms with Gasteiger partial charge in [-0.2, -0.15) is 18.3 Å². The van der Waals surface area contributed by atoms with Crippen LogP contribution in [0, 0.1) is 5.82 Å². The third kappa shape index (κ3) is 2.97. The molecule has 0 bridgehead atoms. The lowest BCUT2D eigenvalue weighted by molar-refractivity contribution is -0.140. The summed E-state index contributed by atoms with van der Waals surface area (Å²) in [5.74, 6) is -0.590. The number of halogens is 4. The van der Waals surface area contributed by atoms with Gasteiger partial charge in [0.15, 0.2) is 5.69 Å². The van der Waals surface area contributed by atoms with Gasteiger partial charge in [-0.25, -0.2) is 22.6 Å². The molecule has 0 saturated carbocycles. The molecule has 0 unspecified atom stereocenters.